The molecule has 0 aliphatic rings. The van der Waals surface area contributed by atoms with Crippen molar-refractivity contribution >= 4 is 18.7 Å². The predicted molar refractivity (Wildman–Crippen MR) is 60.5 cm³/mol. The fraction of sp³-hybridized carbons (Fsp3) is 0.273. The van der Waals surface area contributed by atoms with E-state index in [1.807, 2.05) is 0 Å². The Morgan fingerprint density at radius 2 is 2.12 bits per heavy atom. The summed E-state index contributed by atoms with van der Waals surface area (Å²) in [6, 6.07) is 3.52. The molecule has 1 aromatic carbocycles. The Morgan fingerprint density at radius 3 is 2.75 bits per heavy atom. The second kappa shape index (κ2) is 6.48. The van der Waals surface area contributed by atoms with Gasteiger partial charge in [-0.15, -0.1) is 0 Å². The largest absolute Gasteiger partial charge is 0.434 e. The van der Waals surface area contributed by atoms with E-state index < -0.39 is 12.4 Å². The van der Waals surface area contributed by atoms with Gasteiger partial charge >= 0.3 is 6.61 Å². The summed E-state index contributed by atoms with van der Waals surface area (Å²) in [5.74, 6) is -0.115. The third-order valence-electron chi connectivity index (χ3n) is 1.78. The van der Waals surface area contributed by atoms with E-state index in [0.717, 1.165) is 6.07 Å². The summed E-state index contributed by atoms with van der Waals surface area (Å²) in [4.78, 5) is 0. The number of alkyl halides is 2. The lowest BCUT2D eigenvalue weighted by Crippen LogP contribution is -2.03. The summed E-state index contributed by atoms with van der Waals surface area (Å²) in [5, 5.41) is 0. The van der Waals surface area contributed by atoms with Crippen LogP contribution < -0.4 is 4.74 Å². The smallest absolute Gasteiger partial charge is 0.387 e. The Balaban J connectivity index is 2.88. The topological polar surface area (TPSA) is 9.23 Å². The van der Waals surface area contributed by atoms with E-state index in [-0.39, 0.29) is 5.75 Å². The molecule has 0 aliphatic heterocycles. The first-order valence-electron chi connectivity index (χ1n) is 4.65. The average Bonchev–Trinajstić information content (AvgIpc) is 2.20. The summed E-state index contributed by atoms with van der Waals surface area (Å²) in [7, 11) is 0. The monoisotopic (exact) mass is 248 g/mol. The number of ether oxygens (including phenoxy) is 1. The van der Waals surface area contributed by atoms with Crippen molar-refractivity contribution in [1.82, 2.24) is 0 Å². The zero-order chi connectivity index (χ0) is 12.0. The lowest BCUT2D eigenvalue weighted by Gasteiger charge is -2.07. The van der Waals surface area contributed by atoms with Gasteiger partial charge in [0.05, 0.1) is 0 Å². The molecule has 0 unspecified atom stereocenters. The first-order valence-corrected chi connectivity index (χ1v) is 5.28. The van der Waals surface area contributed by atoms with Crippen molar-refractivity contribution in [3.63, 3.8) is 0 Å². The zero-order valence-corrected chi connectivity index (χ0v) is 9.26. The van der Waals surface area contributed by atoms with Gasteiger partial charge in [0.1, 0.15) is 11.6 Å². The van der Waals surface area contributed by atoms with E-state index in [4.69, 9.17) is 0 Å². The van der Waals surface area contributed by atoms with Crippen LogP contribution in [0.4, 0.5) is 13.2 Å². The Hall–Kier alpha value is -1.10. The lowest BCUT2D eigenvalue weighted by atomic mass is 10.1. The van der Waals surface area contributed by atoms with Crippen LogP contribution in [0.1, 0.15) is 12.0 Å². The molecule has 0 saturated carbocycles. The van der Waals surface area contributed by atoms with Crippen LogP contribution in [-0.4, -0.2) is 12.4 Å². The average molecular weight is 248 g/mol. The molecular weight excluding hydrogens is 237 g/mol. The Morgan fingerprint density at radius 1 is 1.38 bits per heavy atom. The molecule has 0 amide bonds. The molecule has 1 aromatic rings. The second-order valence-electron chi connectivity index (χ2n) is 2.98. The first-order chi connectivity index (χ1) is 7.63. The third-order valence-corrected chi connectivity index (χ3v) is 2.04. The molecule has 0 spiro atoms. The van der Waals surface area contributed by atoms with Crippen LogP contribution in [0.2, 0.25) is 0 Å². The molecule has 0 bridgehead atoms. The van der Waals surface area contributed by atoms with Crippen LogP contribution in [0.3, 0.4) is 0 Å². The summed E-state index contributed by atoms with van der Waals surface area (Å²) >= 11 is 4.00. The number of rotatable bonds is 5. The van der Waals surface area contributed by atoms with E-state index in [1.165, 1.54) is 12.1 Å². The zero-order valence-electron chi connectivity index (χ0n) is 8.37. The molecular formula is C11H11F3OS. The molecule has 0 radical (unpaired) electrons. The summed E-state index contributed by atoms with van der Waals surface area (Å²) in [6.45, 7) is -2.96. The van der Waals surface area contributed by atoms with E-state index in [9.17, 15) is 13.2 Å². The minimum absolute atomic E-state index is 0.162. The van der Waals surface area contributed by atoms with E-state index in [0.29, 0.717) is 17.7 Å². The molecule has 5 heteroatoms. The van der Waals surface area contributed by atoms with Gasteiger partial charge in [-0.2, -0.15) is 21.4 Å². The van der Waals surface area contributed by atoms with Crippen LogP contribution in [0.5, 0.6) is 5.75 Å². The van der Waals surface area contributed by atoms with Crippen molar-refractivity contribution in [3.8, 4) is 5.75 Å². The van der Waals surface area contributed by atoms with Gasteiger partial charge in [-0.1, -0.05) is 12.2 Å². The molecule has 0 heterocycles. The van der Waals surface area contributed by atoms with E-state index in [2.05, 4.69) is 17.4 Å². The highest BCUT2D eigenvalue weighted by Gasteiger charge is 2.08. The maximum atomic E-state index is 12.8. The number of hydrogen-bond acceptors (Lipinski definition) is 2. The molecule has 1 rings (SSSR count). The van der Waals surface area contributed by atoms with Crippen molar-refractivity contribution in [3.05, 3.63) is 35.7 Å². The van der Waals surface area contributed by atoms with Gasteiger partial charge in [-0.25, -0.2) is 4.39 Å². The highest BCUT2D eigenvalue weighted by Crippen LogP contribution is 2.23. The van der Waals surface area contributed by atoms with Crippen molar-refractivity contribution in [2.75, 3.05) is 5.75 Å². The van der Waals surface area contributed by atoms with Gasteiger partial charge in [0.2, 0.25) is 0 Å². The molecule has 0 fully saturated rings. The maximum absolute atomic E-state index is 12.8. The van der Waals surface area contributed by atoms with Crippen LogP contribution in [-0.2, 0) is 0 Å². The van der Waals surface area contributed by atoms with E-state index >= 15 is 0 Å². The quantitative estimate of drug-likeness (QED) is 0.780. The van der Waals surface area contributed by atoms with Gasteiger partial charge in [-0.3, -0.25) is 0 Å². The van der Waals surface area contributed by atoms with Gasteiger partial charge in [0.25, 0.3) is 0 Å². The highest BCUT2D eigenvalue weighted by molar-refractivity contribution is 7.80. The van der Waals surface area contributed by atoms with Crippen LogP contribution in [0.25, 0.3) is 6.08 Å². The Bertz CT molecular complexity index is 366. The predicted octanol–water partition coefficient (Wildman–Crippen LogP) is 3.76. The molecule has 0 aliphatic carbocycles. The molecule has 0 saturated heterocycles. The van der Waals surface area contributed by atoms with Crippen molar-refractivity contribution < 1.29 is 17.9 Å². The molecule has 0 aromatic heterocycles. The van der Waals surface area contributed by atoms with Crippen molar-refractivity contribution in [1.29, 1.82) is 0 Å². The van der Waals surface area contributed by atoms with Crippen molar-refractivity contribution in [2.24, 2.45) is 0 Å². The highest BCUT2D eigenvalue weighted by atomic mass is 32.1. The number of benzene rings is 1. The number of halogens is 3. The molecule has 0 atom stereocenters. The summed E-state index contributed by atoms with van der Waals surface area (Å²) < 4.78 is 41.1. The number of hydrogen-bond donors (Lipinski definition) is 1. The summed E-state index contributed by atoms with van der Waals surface area (Å²) in [5.41, 5.74) is 0.420. The molecule has 1 nitrogen and oxygen atoms in total. The fourth-order valence-corrected chi connectivity index (χ4v) is 1.28. The molecule has 16 heavy (non-hydrogen) atoms. The van der Waals surface area contributed by atoms with Crippen LogP contribution in [0.15, 0.2) is 24.3 Å². The van der Waals surface area contributed by atoms with Gasteiger partial charge in [0, 0.05) is 11.6 Å². The Labute approximate surface area is 97.3 Å². The molecule has 0 N–H and O–H groups in total. The fourth-order valence-electron chi connectivity index (χ4n) is 1.13. The minimum Gasteiger partial charge on any atom is -0.434 e. The lowest BCUT2D eigenvalue weighted by molar-refractivity contribution is -0.0501. The van der Waals surface area contributed by atoms with Gasteiger partial charge < -0.3 is 4.74 Å². The normalized spacial score (nSPS) is 11.3. The number of thiol groups is 1. The second-order valence-corrected chi connectivity index (χ2v) is 3.42. The number of allylic oxidation sites excluding steroid dienone is 1. The third kappa shape index (κ3) is 4.18. The Kier molecular flexibility index (Phi) is 5.25. The molecule has 88 valence electrons. The van der Waals surface area contributed by atoms with Crippen LogP contribution >= 0.6 is 12.6 Å². The van der Waals surface area contributed by atoms with Gasteiger partial charge in [0.15, 0.2) is 0 Å². The SMILES string of the molecule is Fc1ccc(C=CCCS)c(OC(F)F)c1. The summed E-state index contributed by atoms with van der Waals surface area (Å²) in [6.07, 6.45) is 4.07. The van der Waals surface area contributed by atoms with Gasteiger partial charge in [-0.05, 0) is 24.3 Å². The van der Waals surface area contributed by atoms with Crippen molar-refractivity contribution in [2.45, 2.75) is 13.0 Å². The maximum Gasteiger partial charge on any atom is 0.387 e. The van der Waals surface area contributed by atoms with E-state index in [1.54, 1.807) is 12.2 Å². The standard InChI is InChI=1S/C11H11F3OS/c12-9-5-4-8(3-1-2-6-16)10(7-9)15-11(13)14/h1,3-5,7,11,16H,2,6H2. The first kappa shape index (κ1) is 13.0. The minimum atomic E-state index is -2.96. The van der Waals surface area contributed by atoms with Crippen LogP contribution in [0, 0.1) is 5.82 Å².